The molecule has 0 bridgehead atoms. The molecule has 1 aromatic heterocycles. The lowest BCUT2D eigenvalue weighted by molar-refractivity contribution is 1.18. The molecule has 3 heteroatoms. The van der Waals surface area contributed by atoms with Crippen molar-refractivity contribution in [3.05, 3.63) is 119 Å². The van der Waals surface area contributed by atoms with Gasteiger partial charge in [-0.2, -0.15) is 0 Å². The van der Waals surface area contributed by atoms with E-state index >= 15 is 0 Å². The average molecular weight is 534 g/mol. The van der Waals surface area contributed by atoms with Crippen LogP contribution in [0, 0.1) is 3.57 Å². The quantitative estimate of drug-likeness (QED) is 0.168. The van der Waals surface area contributed by atoms with Crippen LogP contribution >= 0.6 is 22.6 Å². The third-order valence-corrected chi connectivity index (χ3v) is 6.64. The minimum absolute atomic E-state index is 0.737. The van der Waals surface area contributed by atoms with Gasteiger partial charge in [-0.05, 0) is 74.5 Å². The van der Waals surface area contributed by atoms with E-state index in [1.165, 1.54) is 25.1 Å². The third-order valence-electron chi connectivity index (χ3n) is 5.92. The summed E-state index contributed by atoms with van der Waals surface area (Å²) in [6, 6.07) is 40.3. The molecule has 0 radical (unpaired) electrons. The Morgan fingerprint density at radius 1 is 0.485 bits per heavy atom. The van der Waals surface area contributed by atoms with Crippen molar-refractivity contribution < 1.29 is 0 Å². The van der Waals surface area contributed by atoms with Gasteiger partial charge in [0.15, 0.2) is 5.82 Å². The zero-order chi connectivity index (χ0) is 22.2. The Kier molecular flexibility index (Phi) is 5.11. The summed E-state index contributed by atoms with van der Waals surface area (Å²) in [7, 11) is 0. The molecule has 0 spiro atoms. The zero-order valence-electron chi connectivity index (χ0n) is 17.7. The van der Waals surface area contributed by atoms with Crippen LogP contribution in [0.1, 0.15) is 0 Å². The highest BCUT2D eigenvalue weighted by atomic mass is 127. The summed E-state index contributed by atoms with van der Waals surface area (Å²) in [6.45, 7) is 0. The van der Waals surface area contributed by atoms with Crippen molar-refractivity contribution in [3.63, 3.8) is 0 Å². The molecule has 0 fully saturated rings. The molecule has 0 aliphatic carbocycles. The molecule has 0 saturated carbocycles. The van der Waals surface area contributed by atoms with Gasteiger partial charge in [0, 0.05) is 20.3 Å². The first-order valence-electron chi connectivity index (χ1n) is 10.9. The van der Waals surface area contributed by atoms with Crippen molar-refractivity contribution in [3.8, 4) is 33.9 Å². The largest absolute Gasteiger partial charge is 0.228 e. The molecule has 0 N–H and O–H groups in total. The van der Waals surface area contributed by atoms with Crippen molar-refractivity contribution in [1.82, 2.24) is 9.97 Å². The van der Waals surface area contributed by atoms with E-state index in [9.17, 15) is 0 Å². The SMILES string of the molecule is Ic1ccc(-c2nc(-c3ccccc3)cc(-c3cccc4cc5ccccc5cc34)n2)cc1. The van der Waals surface area contributed by atoms with Crippen LogP contribution in [0.3, 0.4) is 0 Å². The number of nitrogens with zero attached hydrogens (tertiary/aromatic N) is 2. The maximum Gasteiger partial charge on any atom is 0.160 e. The molecule has 33 heavy (non-hydrogen) atoms. The smallest absolute Gasteiger partial charge is 0.160 e. The molecular weight excluding hydrogens is 515 g/mol. The molecule has 5 aromatic carbocycles. The molecule has 0 saturated heterocycles. The maximum atomic E-state index is 5.05. The predicted molar refractivity (Wildman–Crippen MR) is 146 cm³/mol. The van der Waals surface area contributed by atoms with Crippen molar-refractivity contribution in [2.45, 2.75) is 0 Å². The van der Waals surface area contributed by atoms with E-state index in [4.69, 9.17) is 9.97 Å². The van der Waals surface area contributed by atoms with E-state index in [-0.39, 0.29) is 0 Å². The van der Waals surface area contributed by atoms with Crippen LogP contribution in [0.2, 0.25) is 0 Å². The van der Waals surface area contributed by atoms with E-state index in [0.29, 0.717) is 0 Å². The summed E-state index contributed by atoms with van der Waals surface area (Å²) in [5, 5.41) is 4.88. The second-order valence-corrected chi connectivity index (χ2v) is 9.31. The highest BCUT2D eigenvalue weighted by molar-refractivity contribution is 14.1. The lowest BCUT2D eigenvalue weighted by Crippen LogP contribution is -1.96. The van der Waals surface area contributed by atoms with Crippen LogP contribution in [0.15, 0.2) is 115 Å². The average Bonchev–Trinajstić information content (AvgIpc) is 2.88. The second kappa shape index (κ2) is 8.41. The van der Waals surface area contributed by atoms with Gasteiger partial charge in [-0.15, -0.1) is 0 Å². The molecule has 0 aliphatic rings. The van der Waals surface area contributed by atoms with E-state index < -0.39 is 0 Å². The molecule has 1 heterocycles. The number of aromatic nitrogens is 2. The van der Waals surface area contributed by atoms with Crippen LogP contribution in [-0.2, 0) is 0 Å². The Morgan fingerprint density at radius 2 is 1.15 bits per heavy atom. The maximum absolute atomic E-state index is 5.05. The number of hydrogen-bond donors (Lipinski definition) is 0. The molecule has 6 rings (SSSR count). The first kappa shape index (κ1) is 20.1. The van der Waals surface area contributed by atoms with Gasteiger partial charge in [0.2, 0.25) is 0 Å². The fraction of sp³-hybridized carbons (Fsp3) is 0. The predicted octanol–water partition coefficient (Wildman–Crippen LogP) is 8.39. The van der Waals surface area contributed by atoms with Gasteiger partial charge in [-0.1, -0.05) is 84.9 Å². The van der Waals surface area contributed by atoms with Gasteiger partial charge in [-0.3, -0.25) is 0 Å². The molecule has 0 atom stereocenters. The van der Waals surface area contributed by atoms with Gasteiger partial charge < -0.3 is 0 Å². The highest BCUT2D eigenvalue weighted by Crippen LogP contribution is 2.34. The number of benzene rings is 5. The lowest BCUT2D eigenvalue weighted by Gasteiger charge is -2.12. The Balaban J connectivity index is 1.62. The van der Waals surface area contributed by atoms with Gasteiger partial charge >= 0.3 is 0 Å². The Bertz CT molecular complexity index is 1610. The summed E-state index contributed by atoms with van der Waals surface area (Å²) >= 11 is 2.32. The lowest BCUT2D eigenvalue weighted by atomic mass is 9.97. The Hall–Kier alpha value is -3.57. The second-order valence-electron chi connectivity index (χ2n) is 8.06. The number of hydrogen-bond acceptors (Lipinski definition) is 2. The van der Waals surface area contributed by atoms with E-state index in [0.717, 1.165) is 33.9 Å². The van der Waals surface area contributed by atoms with Gasteiger partial charge in [0.1, 0.15) is 0 Å². The Morgan fingerprint density at radius 3 is 1.94 bits per heavy atom. The summed E-state index contributed by atoms with van der Waals surface area (Å²) in [6.07, 6.45) is 0. The van der Waals surface area contributed by atoms with Crippen molar-refractivity contribution in [1.29, 1.82) is 0 Å². The molecule has 0 unspecified atom stereocenters. The summed E-state index contributed by atoms with van der Waals surface area (Å²) in [5.41, 5.74) is 5.06. The van der Waals surface area contributed by atoms with E-state index in [1.807, 2.05) is 18.2 Å². The third kappa shape index (κ3) is 3.89. The molecule has 0 amide bonds. The van der Waals surface area contributed by atoms with Crippen molar-refractivity contribution >= 4 is 44.1 Å². The minimum Gasteiger partial charge on any atom is -0.228 e. The summed E-state index contributed by atoms with van der Waals surface area (Å²) < 4.78 is 1.19. The molecular formula is C30H19IN2. The zero-order valence-corrected chi connectivity index (χ0v) is 19.9. The van der Waals surface area contributed by atoms with Crippen LogP contribution in [0.4, 0.5) is 0 Å². The summed E-state index contributed by atoms with van der Waals surface area (Å²) in [5.74, 6) is 0.737. The molecule has 156 valence electrons. The van der Waals surface area contributed by atoms with Gasteiger partial charge in [0.05, 0.1) is 11.4 Å². The summed E-state index contributed by atoms with van der Waals surface area (Å²) in [4.78, 5) is 9.99. The van der Waals surface area contributed by atoms with Crippen LogP contribution in [0.25, 0.3) is 55.4 Å². The van der Waals surface area contributed by atoms with Crippen LogP contribution in [-0.4, -0.2) is 9.97 Å². The van der Waals surface area contributed by atoms with Crippen LogP contribution < -0.4 is 0 Å². The first-order chi connectivity index (χ1) is 16.2. The molecule has 2 nitrogen and oxygen atoms in total. The molecule has 0 aliphatic heterocycles. The van der Waals surface area contributed by atoms with Crippen LogP contribution in [0.5, 0.6) is 0 Å². The minimum atomic E-state index is 0.737. The normalized spacial score (nSPS) is 11.2. The van der Waals surface area contributed by atoms with Crippen molar-refractivity contribution in [2.24, 2.45) is 0 Å². The number of fused-ring (bicyclic) bond motifs is 2. The Labute approximate surface area is 206 Å². The monoisotopic (exact) mass is 534 g/mol. The number of halogens is 1. The highest BCUT2D eigenvalue weighted by Gasteiger charge is 2.13. The number of rotatable bonds is 3. The van der Waals surface area contributed by atoms with E-state index in [1.54, 1.807) is 0 Å². The fourth-order valence-electron chi connectivity index (χ4n) is 4.26. The van der Waals surface area contributed by atoms with Gasteiger partial charge in [0.25, 0.3) is 0 Å². The van der Waals surface area contributed by atoms with Crippen molar-refractivity contribution in [2.75, 3.05) is 0 Å². The van der Waals surface area contributed by atoms with E-state index in [2.05, 4.69) is 120 Å². The molecule has 6 aromatic rings. The first-order valence-corrected chi connectivity index (χ1v) is 11.9. The fourth-order valence-corrected chi connectivity index (χ4v) is 4.62. The van der Waals surface area contributed by atoms with Gasteiger partial charge in [-0.25, -0.2) is 9.97 Å². The standard InChI is InChI=1S/C30H19IN2/c31-25-15-13-21(14-16-25)30-32-28(20-7-2-1-3-8-20)19-29(33-30)26-12-6-11-24-17-22-9-4-5-10-23(22)18-27(24)26/h1-19H. The topological polar surface area (TPSA) is 25.8 Å².